The minimum Gasteiger partial charge on any atom is -0.394 e. The predicted octanol–water partition coefficient (Wildman–Crippen LogP) is 2.14. The average Bonchev–Trinajstić information content (AvgIpc) is 2.79. The number of benzene rings is 1. The number of hydrogen-bond donors (Lipinski definition) is 2. The highest BCUT2D eigenvalue weighted by atomic mass is 19.1. The van der Waals surface area contributed by atoms with Crippen LogP contribution in [0.15, 0.2) is 18.2 Å². The number of aliphatic hydroxyl groups is 1. The molecule has 0 radical (unpaired) electrons. The molecule has 1 saturated heterocycles. The van der Waals surface area contributed by atoms with Crippen molar-refractivity contribution in [3.8, 4) is 0 Å². The smallest absolute Gasteiger partial charge is 0.318 e. The minimum atomic E-state index is -1.18. The van der Waals surface area contributed by atoms with Crippen LogP contribution in [0.4, 0.5) is 18.0 Å². The molecule has 7 heteroatoms. The van der Waals surface area contributed by atoms with E-state index in [1.54, 1.807) is 6.92 Å². The number of carbonyl (C=O) groups is 1. The number of urea groups is 1. The molecule has 116 valence electrons. The number of alkyl halides is 1. The molecule has 0 spiro atoms. The highest BCUT2D eigenvalue weighted by Gasteiger charge is 2.35. The summed E-state index contributed by atoms with van der Waals surface area (Å²) in [6.07, 6.45) is -1.09. The third kappa shape index (κ3) is 3.47. The summed E-state index contributed by atoms with van der Waals surface area (Å²) in [6, 6.07) is 1.24. The van der Waals surface area contributed by atoms with Gasteiger partial charge in [-0.3, -0.25) is 0 Å². The molecular formula is C14H17F3N2O2. The van der Waals surface area contributed by atoms with Crippen molar-refractivity contribution in [2.75, 3.05) is 13.2 Å². The molecule has 1 fully saturated rings. The van der Waals surface area contributed by atoms with E-state index in [0.29, 0.717) is 0 Å². The van der Waals surface area contributed by atoms with Gasteiger partial charge in [-0.1, -0.05) is 6.07 Å². The van der Waals surface area contributed by atoms with E-state index in [1.807, 2.05) is 0 Å². The number of hydrogen-bond acceptors (Lipinski definition) is 2. The van der Waals surface area contributed by atoms with Gasteiger partial charge >= 0.3 is 6.03 Å². The van der Waals surface area contributed by atoms with Gasteiger partial charge in [0.1, 0.15) is 17.8 Å². The van der Waals surface area contributed by atoms with Crippen molar-refractivity contribution in [2.24, 2.45) is 0 Å². The highest BCUT2D eigenvalue weighted by Crippen LogP contribution is 2.22. The maximum absolute atomic E-state index is 13.6. The maximum Gasteiger partial charge on any atom is 0.318 e. The number of rotatable bonds is 3. The van der Waals surface area contributed by atoms with Gasteiger partial charge in [0.25, 0.3) is 0 Å². The molecule has 2 unspecified atom stereocenters. The first-order valence-electron chi connectivity index (χ1n) is 6.69. The standard InChI is InChI=1S/C14H17F3N2O2/c1-8(12-3-2-9(15)5-13(12)17)18-14(21)19-6-10(16)4-11(19)7-20/h2-3,5,8,10-11,20H,4,6-7H2,1H3,(H,18,21)/t8-,10?,11?/m1/s1. The summed E-state index contributed by atoms with van der Waals surface area (Å²) in [5, 5.41) is 11.7. The van der Waals surface area contributed by atoms with E-state index in [1.165, 1.54) is 11.0 Å². The highest BCUT2D eigenvalue weighted by molar-refractivity contribution is 5.75. The van der Waals surface area contributed by atoms with Crippen LogP contribution in [0.2, 0.25) is 0 Å². The molecule has 0 aliphatic carbocycles. The number of carbonyl (C=O) groups excluding carboxylic acids is 1. The molecule has 21 heavy (non-hydrogen) atoms. The maximum atomic E-state index is 13.6. The summed E-state index contributed by atoms with van der Waals surface area (Å²) < 4.78 is 39.8. The van der Waals surface area contributed by atoms with Gasteiger partial charge in [-0.15, -0.1) is 0 Å². The normalized spacial score (nSPS) is 23.2. The Morgan fingerprint density at radius 1 is 1.52 bits per heavy atom. The van der Waals surface area contributed by atoms with Crippen molar-refractivity contribution in [3.63, 3.8) is 0 Å². The molecule has 4 nitrogen and oxygen atoms in total. The van der Waals surface area contributed by atoms with Crippen molar-refractivity contribution >= 4 is 6.03 Å². The zero-order valence-electron chi connectivity index (χ0n) is 11.5. The van der Waals surface area contributed by atoms with Crippen LogP contribution in [0.5, 0.6) is 0 Å². The Morgan fingerprint density at radius 2 is 2.24 bits per heavy atom. The lowest BCUT2D eigenvalue weighted by Crippen LogP contribution is -2.45. The van der Waals surface area contributed by atoms with Gasteiger partial charge in [0, 0.05) is 18.1 Å². The second-order valence-electron chi connectivity index (χ2n) is 5.16. The first kappa shape index (κ1) is 15.6. The van der Waals surface area contributed by atoms with Crippen molar-refractivity contribution < 1.29 is 23.1 Å². The van der Waals surface area contributed by atoms with E-state index < -0.39 is 35.9 Å². The molecule has 2 rings (SSSR count). The molecule has 0 bridgehead atoms. The van der Waals surface area contributed by atoms with Crippen LogP contribution in [-0.4, -0.2) is 41.4 Å². The van der Waals surface area contributed by atoms with E-state index in [-0.39, 0.29) is 25.1 Å². The van der Waals surface area contributed by atoms with Crippen LogP contribution in [-0.2, 0) is 0 Å². The van der Waals surface area contributed by atoms with Gasteiger partial charge in [0.2, 0.25) is 0 Å². The number of nitrogens with one attached hydrogen (secondary N) is 1. The Hall–Kier alpha value is -1.76. The number of likely N-dealkylation sites (tertiary alicyclic amines) is 1. The van der Waals surface area contributed by atoms with E-state index in [9.17, 15) is 18.0 Å². The van der Waals surface area contributed by atoms with Gasteiger partial charge in [-0.25, -0.2) is 18.0 Å². The third-order valence-electron chi connectivity index (χ3n) is 3.60. The summed E-state index contributed by atoms with van der Waals surface area (Å²) in [4.78, 5) is 13.3. The molecule has 1 aliphatic heterocycles. The number of amides is 2. The van der Waals surface area contributed by atoms with Crippen LogP contribution in [0.1, 0.15) is 24.9 Å². The monoisotopic (exact) mass is 302 g/mol. The lowest BCUT2D eigenvalue weighted by atomic mass is 10.1. The molecule has 3 atom stereocenters. The summed E-state index contributed by atoms with van der Waals surface area (Å²) in [5.41, 5.74) is 0.140. The van der Waals surface area contributed by atoms with E-state index in [4.69, 9.17) is 5.11 Å². The molecule has 2 N–H and O–H groups in total. The van der Waals surface area contributed by atoms with Gasteiger partial charge in [-0.05, 0) is 13.0 Å². The van der Waals surface area contributed by atoms with Crippen molar-refractivity contribution in [1.82, 2.24) is 10.2 Å². The van der Waals surface area contributed by atoms with Crippen molar-refractivity contribution in [2.45, 2.75) is 31.6 Å². The second kappa shape index (κ2) is 6.34. The number of halogens is 3. The Balaban J connectivity index is 2.05. The summed E-state index contributed by atoms with van der Waals surface area (Å²) in [6.45, 7) is 1.12. The van der Waals surface area contributed by atoms with Crippen LogP contribution < -0.4 is 5.32 Å². The molecule has 2 amide bonds. The van der Waals surface area contributed by atoms with Crippen LogP contribution >= 0.6 is 0 Å². The topological polar surface area (TPSA) is 52.6 Å². The first-order chi connectivity index (χ1) is 9.92. The number of nitrogens with zero attached hydrogens (tertiary/aromatic N) is 1. The lowest BCUT2D eigenvalue weighted by molar-refractivity contribution is 0.154. The Morgan fingerprint density at radius 3 is 2.86 bits per heavy atom. The van der Waals surface area contributed by atoms with Crippen LogP contribution in [0, 0.1) is 11.6 Å². The van der Waals surface area contributed by atoms with Crippen LogP contribution in [0.3, 0.4) is 0 Å². The van der Waals surface area contributed by atoms with Gasteiger partial charge in [0.15, 0.2) is 0 Å². The van der Waals surface area contributed by atoms with Crippen molar-refractivity contribution in [1.29, 1.82) is 0 Å². The van der Waals surface area contributed by atoms with E-state index in [2.05, 4.69) is 5.32 Å². The molecule has 1 heterocycles. The molecule has 1 aromatic rings. The predicted molar refractivity (Wildman–Crippen MR) is 70.4 cm³/mol. The summed E-state index contributed by atoms with van der Waals surface area (Å²) in [7, 11) is 0. The second-order valence-corrected chi connectivity index (χ2v) is 5.16. The Bertz CT molecular complexity index is 527. The first-order valence-corrected chi connectivity index (χ1v) is 6.69. The Labute approximate surface area is 120 Å². The molecule has 1 aromatic carbocycles. The SMILES string of the molecule is C[C@@H](NC(=O)N1CC(F)CC1CO)c1ccc(F)cc1F. The molecule has 1 aliphatic rings. The fourth-order valence-corrected chi connectivity index (χ4v) is 2.48. The van der Waals surface area contributed by atoms with Gasteiger partial charge < -0.3 is 15.3 Å². The molecular weight excluding hydrogens is 285 g/mol. The third-order valence-corrected chi connectivity index (χ3v) is 3.60. The summed E-state index contributed by atoms with van der Waals surface area (Å²) >= 11 is 0. The minimum absolute atomic E-state index is 0.0865. The molecule has 0 saturated carbocycles. The lowest BCUT2D eigenvalue weighted by Gasteiger charge is -2.25. The van der Waals surface area contributed by atoms with Crippen LogP contribution in [0.25, 0.3) is 0 Å². The Kier molecular flexibility index (Phi) is 4.72. The quantitative estimate of drug-likeness (QED) is 0.899. The van der Waals surface area contributed by atoms with Crippen molar-refractivity contribution in [3.05, 3.63) is 35.4 Å². The zero-order valence-corrected chi connectivity index (χ0v) is 11.5. The van der Waals surface area contributed by atoms with Gasteiger partial charge in [0.05, 0.1) is 25.2 Å². The fraction of sp³-hybridized carbons (Fsp3) is 0.500. The van der Waals surface area contributed by atoms with E-state index >= 15 is 0 Å². The average molecular weight is 302 g/mol. The fourth-order valence-electron chi connectivity index (χ4n) is 2.48. The number of aliphatic hydroxyl groups excluding tert-OH is 1. The zero-order chi connectivity index (χ0) is 15.6. The van der Waals surface area contributed by atoms with E-state index in [0.717, 1.165) is 12.1 Å². The van der Waals surface area contributed by atoms with Gasteiger partial charge in [-0.2, -0.15) is 0 Å². The largest absolute Gasteiger partial charge is 0.394 e. The molecule has 0 aromatic heterocycles. The summed E-state index contributed by atoms with van der Waals surface area (Å²) in [5.74, 6) is -1.46.